The van der Waals surface area contributed by atoms with Gasteiger partial charge in [-0.3, -0.25) is 9.59 Å². The standard InChI is InChI=1S/2C12H10O2/c13-12(14)8-10-6-3-5-9-4-1-2-7-11(9)10;13-12(14)8-9-5-6-10-3-1-2-4-11(10)7-9/h2*1-7H,8H2,(H,13,14). The largest absolute Gasteiger partial charge is 0.481 e. The average Bonchev–Trinajstić information content (AvgIpc) is 2.68. The van der Waals surface area contributed by atoms with Crippen molar-refractivity contribution < 1.29 is 19.8 Å². The number of carbonyl (C=O) groups is 2. The lowest BCUT2D eigenvalue weighted by molar-refractivity contribution is -0.137. The zero-order valence-electron chi connectivity index (χ0n) is 15.2. The molecule has 0 saturated carbocycles. The molecule has 0 amide bonds. The first-order chi connectivity index (χ1) is 13.5. The predicted octanol–water partition coefficient (Wildman–Crippen LogP) is 4.93. The first kappa shape index (κ1) is 19.1. The minimum absolute atomic E-state index is 0.0847. The predicted molar refractivity (Wildman–Crippen MR) is 111 cm³/mol. The van der Waals surface area contributed by atoms with Crippen LogP contribution in [0.3, 0.4) is 0 Å². The molecule has 0 radical (unpaired) electrons. The van der Waals surface area contributed by atoms with Crippen LogP contribution < -0.4 is 0 Å². The van der Waals surface area contributed by atoms with Gasteiger partial charge in [0.1, 0.15) is 0 Å². The molecule has 4 aromatic carbocycles. The molecule has 0 aliphatic heterocycles. The highest BCUT2D eigenvalue weighted by atomic mass is 16.4. The van der Waals surface area contributed by atoms with Crippen LogP contribution in [0.2, 0.25) is 0 Å². The molecule has 140 valence electrons. The van der Waals surface area contributed by atoms with Crippen LogP contribution in [0.15, 0.2) is 84.9 Å². The monoisotopic (exact) mass is 372 g/mol. The van der Waals surface area contributed by atoms with Gasteiger partial charge in [0, 0.05) is 0 Å². The Bertz CT molecular complexity index is 1120. The second-order valence-corrected chi connectivity index (χ2v) is 6.46. The molecule has 4 aromatic rings. The van der Waals surface area contributed by atoms with Crippen LogP contribution in [0.1, 0.15) is 11.1 Å². The van der Waals surface area contributed by atoms with Crippen molar-refractivity contribution in [2.45, 2.75) is 12.8 Å². The number of hydrogen-bond donors (Lipinski definition) is 2. The van der Waals surface area contributed by atoms with Crippen molar-refractivity contribution in [1.29, 1.82) is 0 Å². The normalized spacial score (nSPS) is 10.3. The van der Waals surface area contributed by atoms with Crippen molar-refractivity contribution in [3.05, 3.63) is 96.1 Å². The van der Waals surface area contributed by atoms with Crippen LogP contribution in [0.5, 0.6) is 0 Å². The van der Waals surface area contributed by atoms with Crippen LogP contribution >= 0.6 is 0 Å². The maximum absolute atomic E-state index is 10.6. The Morgan fingerprint density at radius 1 is 0.607 bits per heavy atom. The number of carboxylic acids is 2. The van der Waals surface area contributed by atoms with Gasteiger partial charge in [-0.15, -0.1) is 0 Å². The lowest BCUT2D eigenvalue weighted by Crippen LogP contribution is -2.00. The van der Waals surface area contributed by atoms with Crippen molar-refractivity contribution >= 4 is 33.5 Å². The van der Waals surface area contributed by atoms with E-state index in [2.05, 4.69) is 0 Å². The summed E-state index contributed by atoms with van der Waals surface area (Å²) in [6, 6.07) is 27.2. The Morgan fingerprint density at radius 2 is 1.21 bits per heavy atom. The Labute approximate surface area is 162 Å². The average molecular weight is 372 g/mol. The second-order valence-electron chi connectivity index (χ2n) is 6.46. The molecule has 4 rings (SSSR count). The molecule has 0 saturated heterocycles. The van der Waals surface area contributed by atoms with Crippen molar-refractivity contribution in [2.24, 2.45) is 0 Å². The summed E-state index contributed by atoms with van der Waals surface area (Å²) in [5.41, 5.74) is 1.71. The fraction of sp³-hybridized carbons (Fsp3) is 0.0833. The van der Waals surface area contributed by atoms with Gasteiger partial charge in [0.2, 0.25) is 0 Å². The highest BCUT2D eigenvalue weighted by Crippen LogP contribution is 2.18. The van der Waals surface area contributed by atoms with Crippen molar-refractivity contribution in [3.8, 4) is 0 Å². The topological polar surface area (TPSA) is 74.6 Å². The van der Waals surface area contributed by atoms with Crippen LogP contribution in [0.4, 0.5) is 0 Å². The molecule has 28 heavy (non-hydrogen) atoms. The van der Waals surface area contributed by atoms with E-state index in [0.29, 0.717) is 0 Å². The molecule has 0 aliphatic carbocycles. The zero-order chi connectivity index (χ0) is 19.9. The maximum atomic E-state index is 10.6. The molecule has 0 aliphatic rings. The summed E-state index contributed by atoms with van der Waals surface area (Å²) in [6.07, 6.45) is 0.173. The summed E-state index contributed by atoms with van der Waals surface area (Å²) < 4.78 is 0. The smallest absolute Gasteiger partial charge is 0.307 e. The fourth-order valence-corrected chi connectivity index (χ4v) is 3.13. The first-order valence-electron chi connectivity index (χ1n) is 8.91. The van der Waals surface area contributed by atoms with Crippen LogP contribution in [-0.4, -0.2) is 22.2 Å². The van der Waals surface area contributed by atoms with Gasteiger partial charge in [-0.25, -0.2) is 0 Å². The van der Waals surface area contributed by atoms with E-state index in [4.69, 9.17) is 10.2 Å². The van der Waals surface area contributed by atoms with E-state index in [-0.39, 0.29) is 12.8 Å². The van der Waals surface area contributed by atoms with E-state index in [0.717, 1.165) is 32.7 Å². The molecule has 0 unspecified atom stereocenters. The van der Waals surface area contributed by atoms with Crippen LogP contribution in [0.25, 0.3) is 21.5 Å². The molecule has 0 spiro atoms. The number of fused-ring (bicyclic) bond motifs is 2. The van der Waals surface area contributed by atoms with E-state index >= 15 is 0 Å². The second kappa shape index (κ2) is 8.82. The third-order valence-electron chi connectivity index (χ3n) is 4.39. The molecule has 0 fully saturated rings. The lowest BCUT2D eigenvalue weighted by atomic mass is 10.0. The summed E-state index contributed by atoms with van der Waals surface area (Å²) >= 11 is 0. The summed E-state index contributed by atoms with van der Waals surface area (Å²) in [6.45, 7) is 0. The third kappa shape index (κ3) is 4.95. The molecule has 0 aromatic heterocycles. The molecule has 4 nitrogen and oxygen atoms in total. The van der Waals surface area contributed by atoms with Gasteiger partial charge in [-0.1, -0.05) is 84.9 Å². The number of hydrogen-bond acceptors (Lipinski definition) is 2. The molecule has 0 bridgehead atoms. The minimum Gasteiger partial charge on any atom is -0.481 e. The summed E-state index contributed by atoms with van der Waals surface area (Å²) in [5, 5.41) is 21.7. The Morgan fingerprint density at radius 3 is 1.93 bits per heavy atom. The molecule has 0 heterocycles. The van der Waals surface area contributed by atoms with Crippen molar-refractivity contribution in [3.63, 3.8) is 0 Å². The highest BCUT2D eigenvalue weighted by Gasteiger charge is 2.04. The third-order valence-corrected chi connectivity index (χ3v) is 4.39. The van der Waals surface area contributed by atoms with Gasteiger partial charge in [0.05, 0.1) is 12.8 Å². The van der Waals surface area contributed by atoms with Gasteiger partial charge >= 0.3 is 11.9 Å². The van der Waals surface area contributed by atoms with Gasteiger partial charge in [0.25, 0.3) is 0 Å². The van der Waals surface area contributed by atoms with E-state index in [1.807, 2.05) is 84.9 Å². The molecule has 0 atom stereocenters. The molecule has 4 heteroatoms. The summed E-state index contributed by atoms with van der Waals surface area (Å²) in [5.74, 6) is -1.58. The summed E-state index contributed by atoms with van der Waals surface area (Å²) in [4.78, 5) is 21.1. The molecule has 2 N–H and O–H groups in total. The number of carboxylic acid groups (broad SMARTS) is 2. The number of aliphatic carboxylic acids is 2. The van der Waals surface area contributed by atoms with Crippen LogP contribution in [-0.2, 0) is 22.4 Å². The SMILES string of the molecule is O=C(O)Cc1ccc2ccccc2c1.O=C(O)Cc1cccc2ccccc12. The lowest BCUT2D eigenvalue weighted by Gasteiger charge is -2.02. The van der Waals surface area contributed by atoms with E-state index in [9.17, 15) is 9.59 Å². The summed E-state index contributed by atoms with van der Waals surface area (Å²) in [7, 11) is 0. The number of benzene rings is 4. The van der Waals surface area contributed by atoms with Gasteiger partial charge in [-0.05, 0) is 32.7 Å². The Kier molecular flexibility index (Phi) is 6.02. The van der Waals surface area contributed by atoms with Crippen LogP contribution in [0, 0.1) is 0 Å². The first-order valence-corrected chi connectivity index (χ1v) is 8.91. The Hall–Kier alpha value is -3.66. The van der Waals surface area contributed by atoms with Crippen molar-refractivity contribution in [1.82, 2.24) is 0 Å². The van der Waals surface area contributed by atoms with E-state index < -0.39 is 11.9 Å². The minimum atomic E-state index is -0.791. The van der Waals surface area contributed by atoms with Gasteiger partial charge in [0.15, 0.2) is 0 Å². The maximum Gasteiger partial charge on any atom is 0.307 e. The van der Waals surface area contributed by atoms with E-state index in [1.54, 1.807) is 0 Å². The van der Waals surface area contributed by atoms with Gasteiger partial charge in [-0.2, -0.15) is 0 Å². The molecular weight excluding hydrogens is 352 g/mol. The van der Waals surface area contributed by atoms with Gasteiger partial charge < -0.3 is 10.2 Å². The zero-order valence-corrected chi connectivity index (χ0v) is 15.2. The molecular formula is C24H20O4. The quantitative estimate of drug-likeness (QED) is 0.532. The van der Waals surface area contributed by atoms with Crippen molar-refractivity contribution in [2.75, 3.05) is 0 Å². The number of rotatable bonds is 4. The highest BCUT2D eigenvalue weighted by molar-refractivity contribution is 5.88. The Balaban J connectivity index is 0.000000161. The van der Waals surface area contributed by atoms with E-state index in [1.165, 1.54) is 0 Å². The fourth-order valence-electron chi connectivity index (χ4n) is 3.13.